The molecule has 30 heavy (non-hydrogen) atoms. The van der Waals surface area contributed by atoms with Gasteiger partial charge in [0.2, 0.25) is 0 Å². The molecule has 148 valence electrons. The van der Waals surface area contributed by atoms with Crippen molar-refractivity contribution in [1.82, 2.24) is 28.9 Å². The van der Waals surface area contributed by atoms with Gasteiger partial charge < -0.3 is 0 Å². The summed E-state index contributed by atoms with van der Waals surface area (Å²) in [6, 6.07) is 13.6. The summed E-state index contributed by atoms with van der Waals surface area (Å²) in [5.74, 6) is 0.654. The van der Waals surface area contributed by atoms with E-state index in [-0.39, 0.29) is 0 Å². The van der Waals surface area contributed by atoms with Crippen LogP contribution in [0, 0.1) is 6.92 Å². The first-order chi connectivity index (χ1) is 14.7. The van der Waals surface area contributed by atoms with Gasteiger partial charge >= 0.3 is 0 Å². The average molecular weight is 544 g/mol. The molecular formula is C20H14IN6OPS. The highest BCUT2D eigenvalue weighted by Gasteiger charge is 2.22. The van der Waals surface area contributed by atoms with E-state index in [1.54, 1.807) is 18.6 Å². The van der Waals surface area contributed by atoms with Crippen LogP contribution in [0.3, 0.4) is 0 Å². The molecule has 1 aromatic carbocycles. The van der Waals surface area contributed by atoms with Crippen LogP contribution in [0.1, 0.15) is 16.1 Å². The Morgan fingerprint density at radius 1 is 1.13 bits per heavy atom. The van der Waals surface area contributed by atoms with E-state index in [0.717, 1.165) is 44.5 Å². The van der Waals surface area contributed by atoms with E-state index in [4.69, 9.17) is 4.98 Å². The zero-order chi connectivity index (χ0) is 20.7. The Labute approximate surface area is 190 Å². The topological polar surface area (TPSA) is 78.0 Å². The van der Waals surface area contributed by atoms with Crippen LogP contribution in [0.25, 0.3) is 38.3 Å². The molecule has 5 rings (SSSR count). The maximum atomic E-state index is 11.3. The molecule has 0 bridgehead atoms. The molecule has 0 spiro atoms. The number of rotatable bonds is 5. The number of fused-ring (bicyclic) bond motifs is 1. The van der Waals surface area contributed by atoms with Gasteiger partial charge in [-0.2, -0.15) is 0 Å². The fraction of sp³-hybridized carbons (Fsp3) is 0.0500. The van der Waals surface area contributed by atoms with Crippen LogP contribution in [-0.2, 0) is 0 Å². The molecule has 7 nitrogen and oxygen atoms in total. The van der Waals surface area contributed by atoms with Crippen molar-refractivity contribution in [2.24, 2.45) is 0 Å². The molecular weight excluding hydrogens is 530 g/mol. The van der Waals surface area contributed by atoms with E-state index in [2.05, 4.69) is 37.1 Å². The number of carbonyl (C=O) groups is 1. The van der Waals surface area contributed by atoms with Crippen molar-refractivity contribution in [3.8, 4) is 32.7 Å². The molecule has 0 N–H and O–H groups in total. The minimum Gasteiger partial charge on any atom is -0.298 e. The summed E-state index contributed by atoms with van der Waals surface area (Å²) in [4.78, 5) is 26.3. The number of halogens is 1. The number of benzene rings is 1. The number of imidazole rings is 1. The monoisotopic (exact) mass is 544 g/mol. The predicted octanol–water partition coefficient (Wildman–Crippen LogP) is 5.30. The van der Waals surface area contributed by atoms with Crippen molar-refractivity contribution in [2.75, 3.05) is 0 Å². The molecule has 0 aliphatic carbocycles. The normalized spacial score (nSPS) is 11.7. The van der Waals surface area contributed by atoms with Crippen molar-refractivity contribution in [3.63, 3.8) is 0 Å². The smallest absolute Gasteiger partial charge is 0.193 e. The number of aromatic nitrogens is 6. The molecule has 5 aromatic rings. The Bertz CT molecular complexity index is 1380. The Kier molecular flexibility index (Phi) is 5.18. The van der Waals surface area contributed by atoms with E-state index in [1.807, 2.05) is 52.2 Å². The molecule has 0 aliphatic heterocycles. The second kappa shape index (κ2) is 7.98. The molecule has 0 saturated heterocycles. The van der Waals surface area contributed by atoms with Crippen LogP contribution in [0.5, 0.6) is 0 Å². The number of carbonyl (C=O) groups excluding carboxylic acids is 1. The van der Waals surface area contributed by atoms with E-state index in [9.17, 15) is 4.79 Å². The lowest BCUT2D eigenvalue weighted by Crippen LogP contribution is -1.92. The SMILES string of the molecule is Cc1nc2ccc(C=O)cn2c1-c1nc(-c2ccccc2)c(-c2ncn(PI)n2)s1. The minimum absolute atomic E-state index is 0.477. The molecule has 4 aromatic heterocycles. The van der Waals surface area contributed by atoms with Crippen molar-refractivity contribution in [2.45, 2.75) is 6.92 Å². The van der Waals surface area contributed by atoms with E-state index < -0.39 is 0 Å². The van der Waals surface area contributed by atoms with Gasteiger partial charge in [0.25, 0.3) is 0 Å². The first-order valence-corrected chi connectivity index (χ1v) is 13.8. The molecule has 4 heterocycles. The zero-order valence-corrected chi connectivity index (χ0v) is 19.6. The number of aryl methyl sites for hydroxylation is 1. The third-order valence-corrected chi connectivity index (χ3v) is 7.54. The number of hydrogen-bond donors (Lipinski definition) is 0. The van der Waals surface area contributed by atoms with Gasteiger partial charge in [0, 0.05) is 17.3 Å². The predicted molar refractivity (Wildman–Crippen MR) is 129 cm³/mol. The Morgan fingerprint density at radius 3 is 2.70 bits per heavy atom. The number of aldehydes is 1. The van der Waals surface area contributed by atoms with Crippen molar-refractivity contribution >= 4 is 51.7 Å². The minimum atomic E-state index is 0.477. The zero-order valence-electron chi connectivity index (χ0n) is 15.7. The van der Waals surface area contributed by atoms with E-state index >= 15 is 0 Å². The number of pyridine rings is 1. The van der Waals surface area contributed by atoms with Gasteiger partial charge in [0.1, 0.15) is 27.6 Å². The lowest BCUT2D eigenvalue weighted by molar-refractivity contribution is 0.112. The van der Waals surface area contributed by atoms with Gasteiger partial charge in [0.05, 0.1) is 17.8 Å². The second-order valence-corrected chi connectivity index (χ2v) is 9.59. The van der Waals surface area contributed by atoms with Gasteiger partial charge in [-0.05, 0) is 41.1 Å². The second-order valence-electron chi connectivity index (χ2n) is 6.51. The van der Waals surface area contributed by atoms with Crippen molar-refractivity contribution < 1.29 is 4.79 Å². The van der Waals surface area contributed by atoms with Gasteiger partial charge in [-0.25, -0.2) is 19.4 Å². The number of thiazole rings is 1. The summed E-state index contributed by atoms with van der Waals surface area (Å²) in [6.07, 6.45) is 4.85. The molecule has 0 amide bonds. The fourth-order valence-electron chi connectivity index (χ4n) is 3.28. The molecule has 0 fully saturated rings. The molecule has 1 atom stereocenters. The van der Waals surface area contributed by atoms with Gasteiger partial charge in [0.15, 0.2) is 12.1 Å². The summed E-state index contributed by atoms with van der Waals surface area (Å²) in [6.45, 7) is 1.95. The largest absolute Gasteiger partial charge is 0.298 e. The average Bonchev–Trinajstić information content (AvgIpc) is 3.49. The highest BCUT2D eigenvalue weighted by atomic mass is 127. The summed E-state index contributed by atoms with van der Waals surface area (Å²) < 4.78 is 3.74. The van der Waals surface area contributed by atoms with Crippen LogP contribution in [-0.4, -0.2) is 35.2 Å². The summed E-state index contributed by atoms with van der Waals surface area (Å²) in [7, 11) is 0. The van der Waals surface area contributed by atoms with Crippen LogP contribution >= 0.6 is 39.8 Å². The molecule has 0 aliphatic rings. The maximum Gasteiger partial charge on any atom is 0.193 e. The van der Waals surface area contributed by atoms with Crippen LogP contribution in [0.4, 0.5) is 0 Å². The highest BCUT2D eigenvalue weighted by molar-refractivity contribution is 14.2. The van der Waals surface area contributed by atoms with Crippen LogP contribution in [0.15, 0.2) is 55.0 Å². The first kappa shape index (κ1) is 19.5. The first-order valence-electron chi connectivity index (χ1n) is 8.97. The van der Waals surface area contributed by atoms with Gasteiger partial charge in [-0.1, -0.05) is 30.3 Å². The Hall–Kier alpha value is -2.49. The van der Waals surface area contributed by atoms with Gasteiger partial charge in [-0.3, -0.25) is 9.20 Å². The van der Waals surface area contributed by atoms with Crippen LogP contribution in [0.2, 0.25) is 0 Å². The summed E-state index contributed by atoms with van der Waals surface area (Å²) in [5, 5.41) is 5.41. The molecule has 1 unspecified atom stereocenters. The standard InChI is InChI=1S/C20H14IN6OPS/c1-12-17(26-9-13(10-28)7-8-15(26)23-12)20-24-16(14-5-3-2-4-6-14)18(30-20)19-22-11-27(25-19)29-21/h2-11,29H,1H3. The molecule has 10 heteroatoms. The molecule has 0 saturated carbocycles. The van der Waals surface area contributed by atoms with E-state index in [0.29, 0.717) is 17.8 Å². The Balaban J connectivity index is 1.75. The quantitative estimate of drug-likeness (QED) is 0.171. The number of hydrogen-bond acceptors (Lipinski definition) is 6. The fourth-order valence-corrected chi connectivity index (χ4v) is 5.33. The lowest BCUT2D eigenvalue weighted by Gasteiger charge is -2.00. The van der Waals surface area contributed by atoms with E-state index in [1.165, 1.54) is 11.3 Å². The van der Waals surface area contributed by atoms with Crippen molar-refractivity contribution in [3.05, 3.63) is 66.2 Å². The summed E-state index contributed by atoms with van der Waals surface area (Å²) in [5.41, 5.74) is 4.93. The highest BCUT2D eigenvalue weighted by Crippen LogP contribution is 2.40. The lowest BCUT2D eigenvalue weighted by atomic mass is 10.1. The van der Waals surface area contributed by atoms with Crippen molar-refractivity contribution in [1.29, 1.82) is 0 Å². The Morgan fingerprint density at radius 2 is 1.97 bits per heavy atom. The third kappa shape index (κ3) is 3.36. The molecule has 0 radical (unpaired) electrons. The maximum absolute atomic E-state index is 11.3. The number of nitrogens with zero attached hydrogens (tertiary/aromatic N) is 6. The summed E-state index contributed by atoms with van der Waals surface area (Å²) >= 11 is 3.81. The van der Waals surface area contributed by atoms with Crippen LogP contribution < -0.4 is 0 Å². The van der Waals surface area contributed by atoms with Gasteiger partial charge in [-0.15, -0.1) is 16.4 Å². The third-order valence-electron chi connectivity index (χ3n) is 4.61.